The number of para-hydroxylation sites is 1. The number of imidazole rings is 1. The van der Waals surface area contributed by atoms with E-state index in [9.17, 15) is 6.48 Å². The van der Waals surface area contributed by atoms with Crippen molar-refractivity contribution in [1.29, 1.82) is 0 Å². The molecule has 4 nitrogen and oxygen atoms in total. The van der Waals surface area contributed by atoms with Crippen molar-refractivity contribution in [2.45, 2.75) is 91.9 Å². The smallest absolute Gasteiger partial charge is 0.149 e. The van der Waals surface area contributed by atoms with Crippen LogP contribution >= 0.6 is 0 Å². The largest absolute Gasteiger partial charge is 0.507 e. The van der Waals surface area contributed by atoms with E-state index in [1.54, 1.807) is 0 Å². The third kappa shape index (κ3) is 8.61. The highest BCUT2D eigenvalue weighted by Gasteiger charge is 2.29. The maximum atomic E-state index is 12.5. The van der Waals surface area contributed by atoms with Gasteiger partial charge in [0, 0.05) is 31.3 Å². The van der Waals surface area contributed by atoms with Gasteiger partial charge in [-0.1, -0.05) is 178 Å². The molecule has 0 unspecified atom stereocenters. The van der Waals surface area contributed by atoms with Crippen molar-refractivity contribution < 1.29 is 7.85 Å². The highest BCUT2D eigenvalue weighted by Crippen LogP contribution is 2.45. The second-order valence-electron chi connectivity index (χ2n) is 20.1. The van der Waals surface area contributed by atoms with Gasteiger partial charge in [0.15, 0.2) is 0 Å². The molecule has 1 N–H and O–H groups in total. The number of aromatic hydroxyl groups is 1. The number of hydrogen-bond acceptors (Lipinski definition) is 3. The van der Waals surface area contributed by atoms with E-state index in [0.717, 1.165) is 94.7 Å². The molecule has 0 saturated heterocycles. The van der Waals surface area contributed by atoms with Gasteiger partial charge in [-0.25, -0.2) is 4.98 Å². The van der Waals surface area contributed by atoms with E-state index >= 15 is 0 Å². The number of aromatic nitrogens is 3. The fraction of sp³-hybridized carbons (Fsp3) is 0.226. The van der Waals surface area contributed by atoms with Crippen molar-refractivity contribution in [2.24, 2.45) is 0 Å². The molecule has 0 spiro atoms. The van der Waals surface area contributed by atoms with Crippen LogP contribution in [-0.4, -0.2) is 19.6 Å². The first-order valence-electron chi connectivity index (χ1n) is 24.0. The lowest BCUT2D eigenvalue weighted by Gasteiger charge is -2.27. The van der Waals surface area contributed by atoms with Crippen molar-refractivity contribution in [3.63, 3.8) is 0 Å². The van der Waals surface area contributed by atoms with Crippen LogP contribution in [0, 0.1) is 0 Å². The van der Waals surface area contributed by atoms with Crippen LogP contribution in [0.25, 0.3) is 83.9 Å². The van der Waals surface area contributed by atoms with E-state index in [1.165, 1.54) is 0 Å². The minimum Gasteiger partial charge on any atom is -0.507 e. The summed E-state index contributed by atoms with van der Waals surface area (Å²) >= 11 is 0. The fourth-order valence-corrected chi connectivity index (χ4v) is 9.03. The van der Waals surface area contributed by atoms with Gasteiger partial charge in [0.05, 0.1) is 22.3 Å². The van der Waals surface area contributed by atoms with Gasteiger partial charge in [0.1, 0.15) is 11.6 Å². The summed E-state index contributed by atoms with van der Waals surface area (Å²) in [6.07, 6.45) is 1.87. The Kier molecular flexibility index (Phi) is 11.0. The summed E-state index contributed by atoms with van der Waals surface area (Å²) in [6, 6.07) is 56.8. The quantitative estimate of drug-likeness (QED) is 0.157. The maximum absolute atomic E-state index is 12.5. The molecule has 7 aromatic carbocycles. The number of fused-ring (bicyclic) bond motifs is 1. The van der Waals surface area contributed by atoms with Crippen molar-refractivity contribution >= 4 is 11.0 Å². The van der Waals surface area contributed by atoms with Crippen LogP contribution < -0.4 is 0 Å². The number of phenolic OH excluding ortho intramolecular Hbond substituents is 1. The number of hydrogen-bond donors (Lipinski definition) is 1. The zero-order valence-corrected chi connectivity index (χ0v) is 40.0. The Morgan fingerprint density at radius 3 is 1.82 bits per heavy atom. The van der Waals surface area contributed by atoms with Gasteiger partial charge in [-0.15, -0.1) is 0 Å². The highest BCUT2D eigenvalue weighted by molar-refractivity contribution is 5.98. The lowest BCUT2D eigenvalue weighted by Crippen LogP contribution is -2.17. The van der Waals surface area contributed by atoms with Crippen LogP contribution in [-0.2, 0) is 10.8 Å². The molecule has 66 heavy (non-hydrogen) atoms. The summed E-state index contributed by atoms with van der Waals surface area (Å²) in [5.74, 6) is -0.783. The van der Waals surface area contributed by atoms with Crippen molar-refractivity contribution in [1.82, 2.24) is 14.5 Å². The Hall–Kier alpha value is -7.04. The number of nitrogens with zero attached hydrogens (tertiary/aromatic N) is 3. The molecule has 4 heteroatoms. The average Bonchev–Trinajstić information content (AvgIpc) is 3.70. The predicted octanol–water partition coefficient (Wildman–Crippen LogP) is 17.0. The summed E-state index contributed by atoms with van der Waals surface area (Å²) in [5.41, 5.74) is 16.4. The molecule has 9 aromatic rings. The van der Waals surface area contributed by atoms with Crippen molar-refractivity contribution in [2.75, 3.05) is 0 Å². The Morgan fingerprint density at radius 1 is 0.515 bits per heavy atom. The SMILES string of the molecule is [2H]C(C)(C)c1ccc(-c2ccnc(-c3cc(-c4ccccc4)cc(-c4cccc5c4nc(-c4cc(C(C)(C)C)cc(C(C)(C)C)c4O)n5-c4ccc(-c5ccccc5)c(C([2H])(C)C)c4)c3)c2)cc1. The van der Waals surface area contributed by atoms with Crippen LogP contribution in [0.15, 0.2) is 170 Å². The van der Waals surface area contributed by atoms with E-state index in [1.807, 2.05) is 76.4 Å². The lowest BCUT2D eigenvalue weighted by molar-refractivity contribution is 0.446. The third-order valence-electron chi connectivity index (χ3n) is 12.8. The van der Waals surface area contributed by atoms with Gasteiger partial charge in [0.25, 0.3) is 0 Å². The lowest BCUT2D eigenvalue weighted by atomic mass is 9.79. The van der Waals surface area contributed by atoms with Crippen LogP contribution in [0.4, 0.5) is 0 Å². The monoisotopic (exact) mass is 865 g/mol. The van der Waals surface area contributed by atoms with Crippen LogP contribution in [0.2, 0.25) is 0 Å². The standard InChI is InChI=1S/C62H61N3O/c1-39(2)41-24-26-43(27-25-41)45-30-31-63-56(35-45)48-33-46(42-18-13-11-14-19-42)32-47(34-48)52-22-17-23-57-58(52)64-60(54-36-49(61(5,6)7)37-55(59(54)66)62(8,9)10)65(57)50-28-29-51(53(38-50)40(3)4)44-20-15-12-16-21-44/h11-40,66H,1-10H3/i39D,40D. The molecular weight excluding hydrogens is 803 g/mol. The Bertz CT molecular complexity index is 3310. The Balaban J connectivity index is 1.31. The van der Waals surface area contributed by atoms with Gasteiger partial charge in [-0.2, -0.15) is 0 Å². The molecule has 2 aromatic heterocycles. The third-order valence-corrected chi connectivity index (χ3v) is 12.8. The van der Waals surface area contributed by atoms with E-state index < -0.39 is 11.8 Å². The van der Waals surface area contributed by atoms with Crippen LogP contribution in [0.3, 0.4) is 0 Å². The number of rotatable bonds is 9. The molecule has 2 heterocycles. The summed E-state index contributed by atoms with van der Waals surface area (Å²) in [6.45, 7) is 20.7. The van der Waals surface area contributed by atoms with Crippen LogP contribution in [0.5, 0.6) is 5.75 Å². The van der Waals surface area contributed by atoms with E-state index in [4.69, 9.17) is 11.3 Å². The maximum Gasteiger partial charge on any atom is 0.149 e. The fourth-order valence-electron chi connectivity index (χ4n) is 9.03. The minimum atomic E-state index is -0.932. The summed E-state index contributed by atoms with van der Waals surface area (Å²) in [7, 11) is 0. The molecule has 0 saturated carbocycles. The Labute approximate surface area is 394 Å². The summed E-state index contributed by atoms with van der Waals surface area (Å²) in [4.78, 5) is 10.6. The van der Waals surface area contributed by atoms with Gasteiger partial charge in [-0.05, 0) is 133 Å². The normalized spacial score (nSPS) is 12.9. The molecule has 0 amide bonds. The second-order valence-corrected chi connectivity index (χ2v) is 20.1. The molecule has 0 radical (unpaired) electrons. The molecule has 0 bridgehead atoms. The Morgan fingerprint density at radius 2 is 1.17 bits per heavy atom. The molecule has 0 aliphatic carbocycles. The average molecular weight is 866 g/mol. The van der Waals surface area contributed by atoms with E-state index in [2.05, 4.69) is 167 Å². The van der Waals surface area contributed by atoms with E-state index in [0.29, 0.717) is 11.4 Å². The van der Waals surface area contributed by atoms with Gasteiger partial charge in [0.2, 0.25) is 0 Å². The molecule has 330 valence electrons. The van der Waals surface area contributed by atoms with Gasteiger partial charge < -0.3 is 5.11 Å². The zero-order valence-electron chi connectivity index (χ0n) is 42.0. The first-order chi connectivity index (χ1) is 32.1. The van der Waals surface area contributed by atoms with Gasteiger partial charge >= 0.3 is 0 Å². The van der Waals surface area contributed by atoms with Gasteiger partial charge in [-0.3, -0.25) is 9.55 Å². The molecule has 9 rings (SSSR count). The number of benzene rings is 7. The first-order valence-corrected chi connectivity index (χ1v) is 23.0. The van der Waals surface area contributed by atoms with Crippen molar-refractivity contribution in [3.8, 4) is 78.6 Å². The highest BCUT2D eigenvalue weighted by atomic mass is 16.3. The number of phenols is 1. The second kappa shape index (κ2) is 17.4. The summed E-state index contributed by atoms with van der Waals surface area (Å²) < 4.78 is 20.1. The molecular formula is C62H61N3O. The molecule has 0 fully saturated rings. The predicted molar refractivity (Wildman–Crippen MR) is 279 cm³/mol. The minimum absolute atomic E-state index is 0.211. The summed E-state index contributed by atoms with van der Waals surface area (Å²) in [5, 5.41) is 12.5. The first kappa shape index (κ1) is 41.7. The van der Waals surface area contributed by atoms with E-state index in [-0.39, 0.29) is 16.6 Å². The molecule has 0 atom stereocenters. The van der Waals surface area contributed by atoms with Crippen molar-refractivity contribution in [3.05, 3.63) is 192 Å². The zero-order chi connectivity index (χ0) is 48.3. The topological polar surface area (TPSA) is 50.9 Å². The molecule has 0 aliphatic heterocycles. The number of pyridine rings is 1. The van der Waals surface area contributed by atoms with Crippen LogP contribution in [0.1, 0.15) is 106 Å². The molecule has 0 aliphatic rings.